The molecular weight excluding hydrogens is 287 g/mol. The summed E-state index contributed by atoms with van der Waals surface area (Å²) in [4.78, 5) is 14.3. The summed E-state index contributed by atoms with van der Waals surface area (Å²) in [5.74, 6) is -1.02. The third-order valence-electron chi connectivity index (χ3n) is 3.03. The lowest BCUT2D eigenvalue weighted by molar-refractivity contribution is 0.0743. The van der Waals surface area contributed by atoms with E-state index >= 15 is 0 Å². The summed E-state index contributed by atoms with van der Waals surface area (Å²) < 4.78 is 13.9. The van der Waals surface area contributed by atoms with Gasteiger partial charge in [0.2, 0.25) is 0 Å². The maximum absolute atomic E-state index is 13.9. The number of amides is 1. The van der Waals surface area contributed by atoms with E-state index in [0.29, 0.717) is 18.0 Å². The lowest BCUT2D eigenvalue weighted by atomic mass is 10.1. The predicted octanol–water partition coefficient (Wildman–Crippen LogP) is 2.76. The van der Waals surface area contributed by atoms with Gasteiger partial charge in [0.15, 0.2) is 5.82 Å². The maximum atomic E-state index is 13.9. The number of hydrogen-bond donors (Lipinski definition) is 1. The zero-order valence-corrected chi connectivity index (χ0v) is 11.8. The molecule has 102 valence electrons. The van der Waals surface area contributed by atoms with E-state index in [1.54, 1.807) is 11.0 Å². The van der Waals surface area contributed by atoms with Gasteiger partial charge in [0.25, 0.3) is 5.91 Å². The SMILES string of the molecule is NC(=S)CCN(C(=O)c1cccc(Cl)c1F)C1CC1. The highest BCUT2D eigenvalue weighted by Crippen LogP contribution is 2.29. The molecule has 0 radical (unpaired) electrons. The van der Waals surface area contributed by atoms with E-state index in [9.17, 15) is 9.18 Å². The topological polar surface area (TPSA) is 46.3 Å². The Morgan fingerprint density at radius 3 is 2.79 bits per heavy atom. The second-order valence-electron chi connectivity index (χ2n) is 4.55. The van der Waals surface area contributed by atoms with Crippen molar-refractivity contribution in [3.8, 4) is 0 Å². The van der Waals surface area contributed by atoms with Gasteiger partial charge in [-0.2, -0.15) is 0 Å². The van der Waals surface area contributed by atoms with E-state index in [2.05, 4.69) is 0 Å². The second-order valence-corrected chi connectivity index (χ2v) is 5.48. The number of carbonyl (C=O) groups is 1. The molecule has 1 saturated carbocycles. The van der Waals surface area contributed by atoms with E-state index in [0.717, 1.165) is 12.8 Å². The first-order valence-corrected chi connectivity index (χ1v) is 6.82. The first-order chi connectivity index (χ1) is 9.00. The van der Waals surface area contributed by atoms with Gasteiger partial charge in [-0.1, -0.05) is 29.9 Å². The van der Waals surface area contributed by atoms with Crippen LogP contribution in [0.2, 0.25) is 5.02 Å². The smallest absolute Gasteiger partial charge is 0.257 e. The lowest BCUT2D eigenvalue weighted by Gasteiger charge is -2.22. The molecule has 1 amide bonds. The number of hydrogen-bond acceptors (Lipinski definition) is 2. The molecule has 0 unspecified atom stereocenters. The molecule has 19 heavy (non-hydrogen) atoms. The highest BCUT2D eigenvalue weighted by molar-refractivity contribution is 7.80. The Labute approximate surface area is 121 Å². The third kappa shape index (κ3) is 3.42. The summed E-state index contributed by atoms with van der Waals surface area (Å²) in [6.07, 6.45) is 2.32. The minimum Gasteiger partial charge on any atom is -0.393 e. The molecule has 0 aromatic heterocycles. The Morgan fingerprint density at radius 1 is 1.53 bits per heavy atom. The Kier molecular flexibility index (Phi) is 4.37. The van der Waals surface area contributed by atoms with E-state index in [4.69, 9.17) is 29.6 Å². The molecule has 6 heteroatoms. The number of rotatable bonds is 5. The molecule has 1 aromatic carbocycles. The van der Waals surface area contributed by atoms with Gasteiger partial charge in [0.1, 0.15) is 0 Å². The van der Waals surface area contributed by atoms with Gasteiger partial charge in [0, 0.05) is 19.0 Å². The van der Waals surface area contributed by atoms with Crippen molar-refractivity contribution >= 4 is 34.7 Å². The number of halogens is 2. The van der Waals surface area contributed by atoms with Crippen LogP contribution in [0.15, 0.2) is 18.2 Å². The van der Waals surface area contributed by atoms with Gasteiger partial charge < -0.3 is 10.6 Å². The monoisotopic (exact) mass is 300 g/mol. The number of benzene rings is 1. The quantitative estimate of drug-likeness (QED) is 0.851. The fraction of sp³-hybridized carbons (Fsp3) is 0.385. The van der Waals surface area contributed by atoms with Crippen molar-refractivity contribution in [3.05, 3.63) is 34.6 Å². The number of carbonyl (C=O) groups excluding carboxylic acids is 1. The van der Waals surface area contributed by atoms with Crippen molar-refractivity contribution < 1.29 is 9.18 Å². The zero-order chi connectivity index (χ0) is 14.0. The molecule has 0 heterocycles. The molecule has 1 aliphatic rings. The van der Waals surface area contributed by atoms with Crippen LogP contribution in [0.25, 0.3) is 0 Å². The normalized spacial score (nSPS) is 14.2. The third-order valence-corrected chi connectivity index (χ3v) is 3.53. The lowest BCUT2D eigenvalue weighted by Crippen LogP contribution is -2.36. The van der Waals surface area contributed by atoms with Crippen molar-refractivity contribution in [2.75, 3.05) is 6.54 Å². The van der Waals surface area contributed by atoms with E-state index in [1.165, 1.54) is 12.1 Å². The summed E-state index contributed by atoms with van der Waals surface area (Å²) in [6.45, 7) is 0.421. The summed E-state index contributed by atoms with van der Waals surface area (Å²) in [5, 5.41) is -0.0454. The van der Waals surface area contributed by atoms with Crippen LogP contribution in [-0.4, -0.2) is 28.4 Å². The molecule has 0 saturated heterocycles. The van der Waals surface area contributed by atoms with E-state index in [-0.39, 0.29) is 22.5 Å². The Balaban J connectivity index is 2.19. The molecule has 0 bridgehead atoms. The highest BCUT2D eigenvalue weighted by atomic mass is 35.5. The van der Waals surface area contributed by atoms with Crippen molar-refractivity contribution in [1.82, 2.24) is 4.90 Å². The maximum Gasteiger partial charge on any atom is 0.257 e. The summed E-state index contributed by atoms with van der Waals surface area (Å²) >= 11 is 10.5. The Morgan fingerprint density at radius 2 is 2.21 bits per heavy atom. The van der Waals surface area contributed by atoms with Gasteiger partial charge in [0.05, 0.1) is 15.6 Å². The number of nitrogens with two attached hydrogens (primary N) is 1. The van der Waals surface area contributed by atoms with E-state index < -0.39 is 5.82 Å². The number of thiocarbonyl (C=S) groups is 1. The molecule has 2 rings (SSSR count). The predicted molar refractivity (Wildman–Crippen MR) is 76.9 cm³/mol. The Bertz CT molecular complexity index is 519. The second kappa shape index (κ2) is 5.84. The van der Waals surface area contributed by atoms with Gasteiger partial charge in [-0.15, -0.1) is 0 Å². The fourth-order valence-corrected chi connectivity index (χ4v) is 2.16. The van der Waals surface area contributed by atoms with Crippen LogP contribution in [0.1, 0.15) is 29.6 Å². The van der Waals surface area contributed by atoms with Crippen LogP contribution in [0.5, 0.6) is 0 Å². The van der Waals surface area contributed by atoms with Crippen LogP contribution in [0.3, 0.4) is 0 Å². The first-order valence-electron chi connectivity index (χ1n) is 6.04. The van der Waals surface area contributed by atoms with Crippen LogP contribution in [0.4, 0.5) is 4.39 Å². The van der Waals surface area contributed by atoms with Crippen LogP contribution in [-0.2, 0) is 0 Å². The van der Waals surface area contributed by atoms with Gasteiger partial charge in [-0.3, -0.25) is 4.79 Å². The molecule has 1 aliphatic carbocycles. The summed E-state index contributed by atoms with van der Waals surface area (Å²) in [6, 6.07) is 4.60. The first kappa shape index (κ1) is 14.2. The molecule has 0 spiro atoms. The zero-order valence-electron chi connectivity index (χ0n) is 10.2. The average molecular weight is 301 g/mol. The largest absolute Gasteiger partial charge is 0.393 e. The van der Waals surface area contributed by atoms with E-state index in [1.807, 2.05) is 0 Å². The molecule has 3 nitrogen and oxygen atoms in total. The van der Waals surface area contributed by atoms with Crippen LogP contribution >= 0.6 is 23.8 Å². The van der Waals surface area contributed by atoms with Gasteiger partial charge in [-0.05, 0) is 25.0 Å². The molecule has 0 aliphatic heterocycles. The molecule has 2 N–H and O–H groups in total. The highest BCUT2D eigenvalue weighted by Gasteiger charge is 2.33. The van der Waals surface area contributed by atoms with Crippen molar-refractivity contribution in [2.24, 2.45) is 5.73 Å². The molecule has 1 aromatic rings. The minimum absolute atomic E-state index is 0.00217. The van der Waals surface area contributed by atoms with Gasteiger partial charge in [-0.25, -0.2) is 4.39 Å². The van der Waals surface area contributed by atoms with Crippen molar-refractivity contribution in [2.45, 2.75) is 25.3 Å². The summed E-state index contributed by atoms with van der Waals surface area (Å²) in [7, 11) is 0. The average Bonchev–Trinajstić information content (AvgIpc) is 3.17. The molecule has 1 fully saturated rings. The Hall–Kier alpha value is -1.20. The molecular formula is C13H14ClFN2OS. The fourth-order valence-electron chi connectivity index (χ4n) is 1.89. The van der Waals surface area contributed by atoms with Crippen molar-refractivity contribution in [3.63, 3.8) is 0 Å². The minimum atomic E-state index is -0.671. The van der Waals surface area contributed by atoms with Gasteiger partial charge >= 0.3 is 0 Å². The molecule has 0 atom stereocenters. The van der Waals surface area contributed by atoms with Crippen LogP contribution < -0.4 is 5.73 Å². The number of nitrogens with zero attached hydrogens (tertiary/aromatic N) is 1. The van der Waals surface area contributed by atoms with Crippen LogP contribution in [0, 0.1) is 5.82 Å². The standard InChI is InChI=1S/C13H14ClFN2OS/c14-10-3-1-2-9(12(10)15)13(18)17(8-4-5-8)7-6-11(16)19/h1-3,8H,4-7H2,(H2,16,19). The van der Waals surface area contributed by atoms with Crippen molar-refractivity contribution in [1.29, 1.82) is 0 Å². The summed E-state index contributed by atoms with van der Waals surface area (Å²) in [5.41, 5.74) is 5.45.